The van der Waals surface area contributed by atoms with Gasteiger partial charge >= 0.3 is 0 Å². The van der Waals surface area contributed by atoms with Crippen LogP contribution in [0, 0.1) is 17.7 Å². The van der Waals surface area contributed by atoms with Crippen LogP contribution in [-0.4, -0.2) is 47.2 Å². The summed E-state index contributed by atoms with van der Waals surface area (Å²) >= 11 is 0. The van der Waals surface area contributed by atoms with Gasteiger partial charge in [-0.25, -0.2) is 12.8 Å². The van der Waals surface area contributed by atoms with Gasteiger partial charge in [-0.05, 0) is 25.1 Å². The van der Waals surface area contributed by atoms with Crippen molar-refractivity contribution >= 4 is 22.0 Å². The Hall–Kier alpha value is -2.82. The highest BCUT2D eigenvalue weighted by Gasteiger charge is 2.58. The van der Waals surface area contributed by atoms with Gasteiger partial charge in [0.05, 0.1) is 12.3 Å². The van der Waals surface area contributed by atoms with Gasteiger partial charge in [0.2, 0.25) is 15.9 Å². The molecule has 0 radical (unpaired) electrons. The fourth-order valence-electron chi connectivity index (χ4n) is 5.06. The van der Waals surface area contributed by atoms with Gasteiger partial charge in [-0.3, -0.25) is 9.59 Å². The number of hydrogen-bond donors (Lipinski definition) is 2. The summed E-state index contributed by atoms with van der Waals surface area (Å²) < 4.78 is 42.3. The maximum Gasteiger partial charge on any atom is 0.258 e. The van der Waals surface area contributed by atoms with Crippen LogP contribution in [0.2, 0.25) is 0 Å². The number of aromatic nitrogens is 1. The van der Waals surface area contributed by atoms with E-state index in [0.29, 0.717) is 11.3 Å². The standard InChI is InChI=1S/C23H26FN3O5S/c1-3-6-14-9-10-19-20-16(12-26(19)23(14)30)17(13-28)21(27(20)33(2,31)32)22(29)25-11-15-7-4-5-8-18(15)24/h3-10,16-17,20-21,28H,11-13H2,1-2H3,(H,25,29)/b6-3-/t16-,17-,20+,21-/m1/s1. The second-order valence-electron chi connectivity index (χ2n) is 8.43. The number of halogens is 1. The fraction of sp³-hybridized carbons (Fsp3) is 0.391. The zero-order chi connectivity index (χ0) is 23.9. The molecule has 8 nitrogen and oxygen atoms in total. The molecule has 1 fully saturated rings. The minimum absolute atomic E-state index is 0.115. The summed E-state index contributed by atoms with van der Waals surface area (Å²) in [6.45, 7) is 1.44. The summed E-state index contributed by atoms with van der Waals surface area (Å²) in [5, 5.41) is 12.8. The number of aliphatic hydroxyl groups is 1. The van der Waals surface area contributed by atoms with Crippen LogP contribution in [-0.2, 0) is 27.9 Å². The van der Waals surface area contributed by atoms with E-state index in [0.717, 1.165) is 10.6 Å². The molecule has 2 aliphatic heterocycles. The van der Waals surface area contributed by atoms with E-state index in [9.17, 15) is 27.5 Å². The molecule has 0 aliphatic carbocycles. The van der Waals surface area contributed by atoms with Crippen molar-refractivity contribution in [1.29, 1.82) is 0 Å². The minimum atomic E-state index is -3.90. The topological polar surface area (TPSA) is 109 Å². The Morgan fingerprint density at radius 1 is 1.27 bits per heavy atom. The first-order chi connectivity index (χ1) is 15.7. The third kappa shape index (κ3) is 4.03. The second kappa shape index (κ2) is 8.85. The van der Waals surface area contributed by atoms with E-state index in [1.54, 1.807) is 37.3 Å². The summed E-state index contributed by atoms with van der Waals surface area (Å²) in [5.74, 6) is -2.28. The number of nitrogens with zero attached hydrogens (tertiary/aromatic N) is 2. The highest BCUT2D eigenvalue weighted by atomic mass is 32.2. The number of fused-ring (bicyclic) bond motifs is 3. The molecule has 2 aliphatic rings. The van der Waals surface area contributed by atoms with Crippen LogP contribution >= 0.6 is 0 Å². The van der Waals surface area contributed by atoms with E-state index in [1.807, 2.05) is 0 Å². The number of benzene rings is 1. The lowest BCUT2D eigenvalue weighted by molar-refractivity contribution is -0.126. The Kier molecular flexibility index (Phi) is 6.26. The number of nitrogens with one attached hydrogen (secondary N) is 1. The highest BCUT2D eigenvalue weighted by Crippen LogP contribution is 2.50. The van der Waals surface area contributed by atoms with Crippen LogP contribution < -0.4 is 10.9 Å². The van der Waals surface area contributed by atoms with Gasteiger partial charge < -0.3 is 15.0 Å². The Bertz CT molecular complexity index is 1270. The Morgan fingerprint density at radius 2 is 2.00 bits per heavy atom. The third-order valence-corrected chi connectivity index (χ3v) is 7.68. The molecule has 0 spiro atoms. The van der Waals surface area contributed by atoms with E-state index >= 15 is 0 Å². The molecular formula is C23H26FN3O5S. The quantitative estimate of drug-likeness (QED) is 0.654. The van der Waals surface area contributed by atoms with Gasteiger partial charge in [-0.2, -0.15) is 4.31 Å². The van der Waals surface area contributed by atoms with Crippen LogP contribution in [0.15, 0.2) is 47.3 Å². The molecular weight excluding hydrogens is 449 g/mol. The molecule has 10 heteroatoms. The van der Waals surface area contributed by atoms with E-state index in [4.69, 9.17) is 0 Å². The van der Waals surface area contributed by atoms with Crippen molar-refractivity contribution in [1.82, 2.24) is 14.2 Å². The zero-order valence-electron chi connectivity index (χ0n) is 18.3. The van der Waals surface area contributed by atoms with Gasteiger partial charge in [0.15, 0.2) is 0 Å². The molecule has 2 aromatic rings. The summed E-state index contributed by atoms with van der Waals surface area (Å²) in [6, 6.07) is 7.39. The maximum absolute atomic E-state index is 14.0. The molecule has 2 N–H and O–H groups in total. The minimum Gasteiger partial charge on any atom is -0.396 e. The molecule has 0 saturated carbocycles. The van der Waals surface area contributed by atoms with Crippen molar-refractivity contribution in [3.05, 3.63) is 75.5 Å². The Morgan fingerprint density at radius 3 is 2.64 bits per heavy atom. The first kappa shape index (κ1) is 23.3. The maximum atomic E-state index is 14.0. The number of rotatable bonds is 6. The van der Waals surface area contributed by atoms with Crippen LogP contribution in [0.4, 0.5) is 4.39 Å². The van der Waals surface area contributed by atoms with Crippen molar-refractivity contribution in [2.24, 2.45) is 11.8 Å². The molecule has 33 heavy (non-hydrogen) atoms. The number of carbonyl (C=O) groups excluding carboxylic acids is 1. The fourth-order valence-corrected chi connectivity index (χ4v) is 6.41. The first-order valence-corrected chi connectivity index (χ1v) is 12.5. The predicted molar refractivity (Wildman–Crippen MR) is 121 cm³/mol. The van der Waals surface area contributed by atoms with Crippen LogP contribution in [0.5, 0.6) is 0 Å². The summed E-state index contributed by atoms with van der Waals surface area (Å²) in [4.78, 5) is 26.1. The van der Waals surface area contributed by atoms with Crippen molar-refractivity contribution in [3.63, 3.8) is 0 Å². The lowest BCUT2D eigenvalue weighted by Gasteiger charge is -2.28. The normalized spacial score (nSPS) is 24.7. The molecule has 0 bridgehead atoms. The van der Waals surface area contributed by atoms with Gasteiger partial charge in [-0.1, -0.05) is 30.4 Å². The van der Waals surface area contributed by atoms with E-state index < -0.39 is 52.3 Å². The Balaban J connectivity index is 1.71. The lowest BCUT2D eigenvalue weighted by atomic mass is 9.88. The molecule has 1 amide bonds. The number of aliphatic hydroxyl groups excluding tert-OH is 1. The number of sulfonamides is 1. The smallest absolute Gasteiger partial charge is 0.258 e. The van der Waals surface area contributed by atoms with Crippen LogP contribution in [0.1, 0.15) is 29.8 Å². The monoisotopic (exact) mass is 475 g/mol. The number of amides is 1. The lowest BCUT2D eigenvalue weighted by Crippen LogP contribution is -2.50. The van der Waals surface area contributed by atoms with E-state index in [2.05, 4.69) is 5.32 Å². The highest BCUT2D eigenvalue weighted by molar-refractivity contribution is 7.88. The molecule has 3 heterocycles. The van der Waals surface area contributed by atoms with Crippen LogP contribution in [0.3, 0.4) is 0 Å². The zero-order valence-corrected chi connectivity index (χ0v) is 19.1. The molecule has 4 rings (SSSR count). The van der Waals surface area contributed by atoms with Gasteiger partial charge in [0.1, 0.15) is 11.9 Å². The molecule has 0 unspecified atom stereocenters. The number of hydrogen-bond acceptors (Lipinski definition) is 5. The average Bonchev–Trinajstić information content (AvgIpc) is 3.29. The van der Waals surface area contributed by atoms with E-state index in [-0.39, 0.29) is 24.2 Å². The van der Waals surface area contributed by atoms with Gasteiger partial charge in [0.25, 0.3) is 5.56 Å². The molecule has 176 valence electrons. The van der Waals surface area contributed by atoms with Gasteiger partial charge in [0, 0.05) is 48.4 Å². The molecule has 1 aromatic carbocycles. The predicted octanol–water partition coefficient (Wildman–Crippen LogP) is 1.26. The summed E-state index contributed by atoms with van der Waals surface area (Å²) in [5.41, 5.74) is 0.994. The van der Waals surface area contributed by atoms with Gasteiger partial charge in [-0.15, -0.1) is 0 Å². The largest absolute Gasteiger partial charge is 0.396 e. The summed E-state index contributed by atoms with van der Waals surface area (Å²) in [7, 11) is -3.90. The van der Waals surface area contributed by atoms with Crippen LogP contribution in [0.25, 0.3) is 6.08 Å². The third-order valence-electron chi connectivity index (χ3n) is 6.46. The Labute approximate surface area is 191 Å². The first-order valence-electron chi connectivity index (χ1n) is 10.7. The SMILES string of the molecule is C/C=C\c1ccc2n(c1=O)C[C@@H]1[C@@H](CO)[C@H](C(=O)NCc3ccccc3F)N(S(C)(=O)=O)[C@H]21. The second-order valence-corrected chi connectivity index (χ2v) is 10.3. The van der Waals surface area contributed by atoms with Crippen molar-refractivity contribution < 1.29 is 22.7 Å². The number of carbonyl (C=O) groups is 1. The molecule has 1 aromatic heterocycles. The van der Waals surface area contributed by atoms with Crippen molar-refractivity contribution in [2.75, 3.05) is 12.9 Å². The number of allylic oxidation sites excluding steroid dienone is 1. The molecule has 4 atom stereocenters. The number of pyridine rings is 1. The van der Waals surface area contributed by atoms with E-state index in [1.165, 1.54) is 22.8 Å². The average molecular weight is 476 g/mol. The van der Waals surface area contributed by atoms with Crippen molar-refractivity contribution in [3.8, 4) is 0 Å². The molecule has 1 saturated heterocycles. The summed E-state index contributed by atoms with van der Waals surface area (Å²) in [6.07, 6.45) is 4.44. The van der Waals surface area contributed by atoms with Crippen molar-refractivity contribution in [2.45, 2.75) is 32.1 Å².